The second kappa shape index (κ2) is 12.5. The van der Waals surface area contributed by atoms with Gasteiger partial charge in [0.05, 0.1) is 36.1 Å². The number of likely N-dealkylation sites (tertiary alicyclic amines) is 1. The summed E-state index contributed by atoms with van der Waals surface area (Å²) in [5, 5.41) is 12.5. The van der Waals surface area contributed by atoms with E-state index in [1.807, 2.05) is 4.90 Å². The number of thiazole rings is 1. The Balaban J connectivity index is 1.35. The Morgan fingerprint density at radius 1 is 1.21 bits per heavy atom. The second-order valence-corrected chi connectivity index (χ2v) is 13.0. The van der Waals surface area contributed by atoms with E-state index >= 15 is 0 Å². The van der Waals surface area contributed by atoms with Gasteiger partial charge < -0.3 is 14.7 Å². The number of anilines is 2. The summed E-state index contributed by atoms with van der Waals surface area (Å²) in [5.41, 5.74) is 1.35. The SMILES string of the molecule is COc1c(F)cc(-c2nc(NC(=O)c3cnc(N4CCC(C(=O)O)CC4)cn3)sc2CN2CCCC(C)(C)C2)cc1Cl. The molecule has 13 heteroatoms. The first kappa shape index (κ1) is 30.1. The molecule has 3 aromatic rings. The van der Waals surface area contributed by atoms with Crippen molar-refractivity contribution in [3.63, 3.8) is 0 Å². The molecule has 2 aromatic heterocycles. The molecule has 2 N–H and O–H groups in total. The van der Waals surface area contributed by atoms with Gasteiger partial charge in [0.2, 0.25) is 0 Å². The van der Waals surface area contributed by atoms with E-state index in [0.717, 1.165) is 30.8 Å². The Bertz CT molecular complexity index is 1440. The highest BCUT2D eigenvalue weighted by Crippen LogP contribution is 2.39. The van der Waals surface area contributed by atoms with Crippen LogP contribution in [0.25, 0.3) is 11.3 Å². The number of amides is 1. The van der Waals surface area contributed by atoms with Gasteiger partial charge in [-0.3, -0.25) is 19.8 Å². The highest BCUT2D eigenvalue weighted by Gasteiger charge is 2.29. The molecule has 0 atom stereocenters. The van der Waals surface area contributed by atoms with Crippen molar-refractivity contribution in [3.8, 4) is 17.0 Å². The number of carbonyl (C=O) groups is 2. The number of carbonyl (C=O) groups excluding carboxylic acids is 1. The highest BCUT2D eigenvalue weighted by atomic mass is 35.5. The standard InChI is InChI=1S/C29H34ClFN6O4S/c1-29(2)7-4-8-36(16-29)15-22-24(18-11-19(30)25(41-3)20(31)12-18)34-28(42-22)35-26(38)21-13-33-23(14-32-21)37-9-5-17(6-10-37)27(39)40/h11-14,17H,4-10,15-16H2,1-3H3,(H,39,40)(H,34,35,38). The molecule has 4 heterocycles. The minimum absolute atomic E-state index is 0.0308. The first-order valence-corrected chi connectivity index (χ1v) is 15.1. The number of nitrogens with one attached hydrogen (secondary N) is 1. The monoisotopic (exact) mass is 616 g/mol. The normalized spacial score (nSPS) is 17.7. The number of piperidine rings is 2. The molecule has 224 valence electrons. The van der Waals surface area contributed by atoms with Crippen LogP contribution in [-0.4, -0.2) is 70.1 Å². The largest absolute Gasteiger partial charge is 0.492 e. The van der Waals surface area contributed by atoms with Crippen LogP contribution in [0.2, 0.25) is 5.02 Å². The molecule has 0 spiro atoms. The number of aromatic nitrogens is 3. The number of aliphatic carboxylic acids is 1. The molecule has 5 rings (SSSR count). The Hall–Kier alpha value is -3.35. The Labute approximate surface area is 252 Å². The van der Waals surface area contributed by atoms with E-state index < -0.39 is 17.7 Å². The molecule has 0 unspecified atom stereocenters. The third-order valence-electron chi connectivity index (χ3n) is 7.78. The fourth-order valence-electron chi connectivity index (χ4n) is 5.63. The number of rotatable bonds is 8. The number of hydrogen-bond acceptors (Lipinski definition) is 9. The minimum atomic E-state index is -0.777. The van der Waals surface area contributed by atoms with E-state index in [2.05, 4.69) is 39.0 Å². The van der Waals surface area contributed by atoms with Gasteiger partial charge in [0.15, 0.2) is 16.7 Å². The van der Waals surface area contributed by atoms with E-state index in [1.165, 1.54) is 36.9 Å². The third kappa shape index (κ3) is 6.82. The maximum Gasteiger partial charge on any atom is 0.306 e. The van der Waals surface area contributed by atoms with Gasteiger partial charge in [0, 0.05) is 36.6 Å². The molecule has 1 aromatic carbocycles. The minimum Gasteiger partial charge on any atom is -0.492 e. The summed E-state index contributed by atoms with van der Waals surface area (Å²) in [4.78, 5) is 42.9. The van der Waals surface area contributed by atoms with Crippen LogP contribution in [0.3, 0.4) is 0 Å². The Kier molecular flexibility index (Phi) is 8.95. The van der Waals surface area contributed by atoms with E-state index in [0.29, 0.717) is 54.7 Å². The molecule has 2 aliphatic heterocycles. The van der Waals surface area contributed by atoms with Gasteiger partial charge in [-0.15, -0.1) is 0 Å². The molecule has 2 aliphatic rings. The van der Waals surface area contributed by atoms with Crippen molar-refractivity contribution in [2.24, 2.45) is 11.3 Å². The summed E-state index contributed by atoms with van der Waals surface area (Å²) in [7, 11) is 1.36. The molecular formula is C29H34ClFN6O4S. The highest BCUT2D eigenvalue weighted by molar-refractivity contribution is 7.16. The lowest BCUT2D eigenvalue weighted by Gasteiger charge is -2.37. The van der Waals surface area contributed by atoms with Crippen LogP contribution in [0.15, 0.2) is 24.5 Å². The van der Waals surface area contributed by atoms with Gasteiger partial charge in [0.25, 0.3) is 5.91 Å². The maximum absolute atomic E-state index is 14.8. The molecule has 0 radical (unpaired) electrons. The van der Waals surface area contributed by atoms with Gasteiger partial charge in [-0.1, -0.05) is 36.8 Å². The van der Waals surface area contributed by atoms with Crippen molar-refractivity contribution >= 4 is 45.8 Å². The molecule has 42 heavy (non-hydrogen) atoms. The van der Waals surface area contributed by atoms with E-state index in [-0.39, 0.29) is 27.8 Å². The molecule has 10 nitrogen and oxygen atoms in total. The van der Waals surface area contributed by atoms with Crippen LogP contribution in [-0.2, 0) is 11.3 Å². The number of carboxylic acid groups (broad SMARTS) is 1. The first-order chi connectivity index (χ1) is 20.0. The number of halogens is 2. The first-order valence-electron chi connectivity index (χ1n) is 13.9. The summed E-state index contributed by atoms with van der Waals surface area (Å²) in [6.45, 7) is 8.08. The quantitative estimate of drug-likeness (QED) is 0.334. The molecule has 0 aliphatic carbocycles. The van der Waals surface area contributed by atoms with Gasteiger partial charge in [-0.05, 0) is 49.8 Å². The number of hydrogen-bond donors (Lipinski definition) is 2. The second-order valence-electron chi connectivity index (χ2n) is 11.6. The number of methoxy groups -OCH3 is 1. The lowest BCUT2D eigenvalue weighted by molar-refractivity contribution is -0.142. The van der Waals surface area contributed by atoms with Crippen molar-refractivity contribution in [1.29, 1.82) is 0 Å². The van der Waals surface area contributed by atoms with Gasteiger partial charge in [-0.2, -0.15) is 0 Å². The van der Waals surface area contributed by atoms with Crippen LogP contribution in [0.1, 0.15) is 54.9 Å². The van der Waals surface area contributed by atoms with E-state index in [1.54, 1.807) is 6.07 Å². The van der Waals surface area contributed by atoms with Crippen molar-refractivity contribution in [2.45, 2.75) is 46.1 Å². The summed E-state index contributed by atoms with van der Waals surface area (Å²) >= 11 is 7.65. The maximum atomic E-state index is 14.8. The molecule has 2 saturated heterocycles. The predicted molar refractivity (Wildman–Crippen MR) is 160 cm³/mol. The molecular weight excluding hydrogens is 583 g/mol. The lowest BCUT2D eigenvalue weighted by atomic mass is 9.84. The zero-order chi connectivity index (χ0) is 30.0. The van der Waals surface area contributed by atoms with Crippen molar-refractivity contribution in [2.75, 3.05) is 43.5 Å². The summed E-state index contributed by atoms with van der Waals surface area (Å²) in [6, 6.07) is 2.97. The molecule has 2 fully saturated rings. The van der Waals surface area contributed by atoms with Crippen molar-refractivity contribution < 1.29 is 23.8 Å². The van der Waals surface area contributed by atoms with Crippen LogP contribution in [0.5, 0.6) is 5.75 Å². The van der Waals surface area contributed by atoms with Gasteiger partial charge in [0.1, 0.15) is 11.5 Å². The van der Waals surface area contributed by atoms with E-state index in [4.69, 9.17) is 16.3 Å². The van der Waals surface area contributed by atoms with E-state index in [9.17, 15) is 19.1 Å². The summed E-state index contributed by atoms with van der Waals surface area (Å²) in [5.74, 6) is -1.62. The van der Waals surface area contributed by atoms with Crippen LogP contribution < -0.4 is 15.0 Å². The average molecular weight is 617 g/mol. The van der Waals surface area contributed by atoms with Crippen LogP contribution >= 0.6 is 22.9 Å². The van der Waals surface area contributed by atoms with Crippen LogP contribution in [0.4, 0.5) is 15.3 Å². The van der Waals surface area contributed by atoms with Crippen molar-refractivity contribution in [1.82, 2.24) is 19.9 Å². The fourth-order valence-corrected chi connectivity index (χ4v) is 6.94. The molecule has 0 saturated carbocycles. The summed E-state index contributed by atoms with van der Waals surface area (Å²) < 4.78 is 19.9. The Morgan fingerprint density at radius 2 is 1.98 bits per heavy atom. The summed E-state index contributed by atoms with van der Waals surface area (Å²) in [6.07, 6.45) is 6.23. The number of ether oxygens (including phenoxy) is 1. The van der Waals surface area contributed by atoms with Crippen LogP contribution in [0, 0.1) is 17.2 Å². The lowest BCUT2D eigenvalue weighted by Crippen LogP contribution is -2.39. The average Bonchev–Trinajstić information content (AvgIpc) is 3.34. The van der Waals surface area contributed by atoms with Gasteiger partial charge in [-0.25, -0.2) is 19.3 Å². The van der Waals surface area contributed by atoms with Crippen molar-refractivity contribution in [3.05, 3.63) is 45.9 Å². The predicted octanol–water partition coefficient (Wildman–Crippen LogP) is 5.58. The number of nitrogens with zero attached hydrogens (tertiary/aromatic N) is 5. The number of benzene rings is 1. The number of carboxylic acids is 1. The smallest absolute Gasteiger partial charge is 0.306 e. The Morgan fingerprint density at radius 3 is 2.60 bits per heavy atom. The molecule has 0 bridgehead atoms. The van der Waals surface area contributed by atoms with Gasteiger partial charge >= 0.3 is 5.97 Å². The topological polar surface area (TPSA) is 121 Å². The zero-order valence-corrected chi connectivity index (χ0v) is 25.4. The zero-order valence-electron chi connectivity index (χ0n) is 23.8. The third-order valence-corrected chi connectivity index (χ3v) is 9.02. The fraction of sp³-hybridized carbons (Fsp3) is 0.483. The molecule has 1 amide bonds.